The van der Waals surface area contributed by atoms with Gasteiger partial charge in [0.2, 0.25) is 0 Å². The van der Waals surface area contributed by atoms with Gasteiger partial charge >= 0.3 is 0 Å². The molecule has 4 heterocycles. The molecule has 1 N–H and O–H groups in total. The molecule has 0 aliphatic carbocycles. The molecular formula is C18H28N8O. The summed E-state index contributed by atoms with van der Waals surface area (Å²) in [6.45, 7) is 8.74. The molecule has 2 aliphatic heterocycles. The molecule has 2 aliphatic rings. The Morgan fingerprint density at radius 3 is 2.89 bits per heavy atom. The highest BCUT2D eigenvalue weighted by Crippen LogP contribution is 2.19. The lowest BCUT2D eigenvalue weighted by Gasteiger charge is -2.36. The molecule has 0 aromatic carbocycles. The van der Waals surface area contributed by atoms with Crippen LogP contribution in [-0.4, -0.2) is 75.5 Å². The van der Waals surface area contributed by atoms with Crippen molar-refractivity contribution in [3.05, 3.63) is 29.7 Å². The van der Waals surface area contributed by atoms with Gasteiger partial charge in [-0.05, 0) is 19.3 Å². The van der Waals surface area contributed by atoms with E-state index in [1.54, 1.807) is 6.26 Å². The summed E-state index contributed by atoms with van der Waals surface area (Å²) < 4.78 is 7.17. The number of hydrogen-bond acceptors (Lipinski definition) is 6. The number of aromatic nitrogens is 4. The molecule has 1 fully saturated rings. The minimum absolute atomic E-state index is 0.581. The van der Waals surface area contributed by atoms with Gasteiger partial charge in [-0.3, -0.25) is 9.89 Å². The number of nitrogens with zero attached hydrogens (tertiary/aromatic N) is 7. The number of nitrogens with one attached hydrogen (secondary N) is 1. The van der Waals surface area contributed by atoms with Crippen LogP contribution >= 0.6 is 0 Å². The van der Waals surface area contributed by atoms with Crippen molar-refractivity contribution in [2.45, 2.75) is 32.9 Å². The van der Waals surface area contributed by atoms with E-state index in [-0.39, 0.29) is 0 Å². The van der Waals surface area contributed by atoms with Crippen molar-refractivity contribution in [3.8, 4) is 0 Å². The Kier molecular flexibility index (Phi) is 5.38. The van der Waals surface area contributed by atoms with E-state index >= 15 is 0 Å². The van der Waals surface area contributed by atoms with Gasteiger partial charge in [-0.25, -0.2) is 0 Å². The van der Waals surface area contributed by atoms with E-state index in [1.165, 1.54) is 0 Å². The second-order valence-electron chi connectivity index (χ2n) is 7.36. The average Bonchev–Trinajstić information content (AvgIpc) is 3.33. The summed E-state index contributed by atoms with van der Waals surface area (Å²) >= 11 is 0. The Morgan fingerprint density at radius 2 is 2.15 bits per heavy atom. The minimum atomic E-state index is 0.581. The summed E-state index contributed by atoms with van der Waals surface area (Å²) in [6, 6.07) is 1.93. The second kappa shape index (κ2) is 8.08. The number of aliphatic imine (C=N–C) groups is 1. The van der Waals surface area contributed by atoms with Crippen LogP contribution in [0.15, 0.2) is 21.8 Å². The third-order valence-electron chi connectivity index (χ3n) is 5.54. The Morgan fingerprint density at radius 1 is 1.30 bits per heavy atom. The Hall–Kier alpha value is -2.42. The van der Waals surface area contributed by atoms with Crippen molar-refractivity contribution in [2.75, 3.05) is 39.8 Å². The van der Waals surface area contributed by atoms with Crippen LogP contribution in [0.1, 0.15) is 23.8 Å². The summed E-state index contributed by atoms with van der Waals surface area (Å²) in [5.41, 5.74) is 0.993. The number of hydrogen-bond donors (Lipinski definition) is 1. The summed E-state index contributed by atoms with van der Waals surface area (Å²) in [7, 11) is 1.87. The zero-order valence-corrected chi connectivity index (χ0v) is 16.1. The zero-order chi connectivity index (χ0) is 18.6. The first kappa shape index (κ1) is 18.0. The van der Waals surface area contributed by atoms with Crippen molar-refractivity contribution in [3.63, 3.8) is 0 Å². The molecule has 0 amide bonds. The van der Waals surface area contributed by atoms with Gasteiger partial charge in [0.05, 0.1) is 5.69 Å². The van der Waals surface area contributed by atoms with Crippen LogP contribution in [0, 0.1) is 12.8 Å². The van der Waals surface area contributed by atoms with Gasteiger partial charge in [0.25, 0.3) is 0 Å². The lowest BCUT2D eigenvalue weighted by Crippen LogP contribution is -2.53. The zero-order valence-electron chi connectivity index (χ0n) is 16.1. The van der Waals surface area contributed by atoms with Crippen LogP contribution in [-0.2, 0) is 19.5 Å². The van der Waals surface area contributed by atoms with Crippen LogP contribution in [0.5, 0.6) is 0 Å². The molecular weight excluding hydrogens is 344 g/mol. The summed E-state index contributed by atoms with van der Waals surface area (Å²) in [6.07, 6.45) is 3.78. The van der Waals surface area contributed by atoms with Gasteiger partial charge in [0.15, 0.2) is 5.96 Å². The Bertz CT molecular complexity index is 760. The van der Waals surface area contributed by atoms with E-state index in [1.807, 2.05) is 20.0 Å². The molecule has 9 nitrogen and oxygen atoms in total. The SMILES string of the molecule is CN=C(NCC1CCc2nnc(C)n2C1)N1CCN(Cc2ccon2)CC1. The van der Waals surface area contributed by atoms with Crippen LogP contribution in [0.4, 0.5) is 0 Å². The summed E-state index contributed by atoms with van der Waals surface area (Å²) in [5.74, 6) is 3.72. The first-order valence-corrected chi connectivity index (χ1v) is 9.69. The van der Waals surface area contributed by atoms with Crippen molar-refractivity contribution in [1.82, 2.24) is 35.0 Å². The fourth-order valence-electron chi connectivity index (χ4n) is 3.93. The molecule has 2 aromatic rings. The van der Waals surface area contributed by atoms with Gasteiger partial charge in [0.1, 0.15) is 17.9 Å². The van der Waals surface area contributed by atoms with Crippen LogP contribution in [0.25, 0.3) is 0 Å². The van der Waals surface area contributed by atoms with E-state index in [0.717, 1.165) is 82.0 Å². The fraction of sp³-hybridized carbons (Fsp3) is 0.667. The Labute approximate surface area is 159 Å². The first-order valence-electron chi connectivity index (χ1n) is 9.69. The number of guanidine groups is 1. The van der Waals surface area contributed by atoms with Crippen molar-refractivity contribution in [1.29, 1.82) is 0 Å². The topological polar surface area (TPSA) is 87.6 Å². The van der Waals surface area contributed by atoms with Crippen molar-refractivity contribution >= 4 is 5.96 Å². The molecule has 4 rings (SSSR count). The minimum Gasteiger partial charge on any atom is -0.364 e. The molecule has 0 spiro atoms. The monoisotopic (exact) mass is 372 g/mol. The van der Waals surface area contributed by atoms with Gasteiger partial charge in [-0.15, -0.1) is 10.2 Å². The Balaban J connectivity index is 1.25. The molecule has 0 saturated carbocycles. The maximum Gasteiger partial charge on any atom is 0.193 e. The molecule has 9 heteroatoms. The number of rotatable bonds is 4. The van der Waals surface area contributed by atoms with Crippen LogP contribution in [0.2, 0.25) is 0 Å². The highest BCUT2D eigenvalue weighted by atomic mass is 16.5. The molecule has 0 bridgehead atoms. The van der Waals surface area contributed by atoms with Crippen LogP contribution in [0.3, 0.4) is 0 Å². The number of piperazine rings is 1. The third-order valence-corrected chi connectivity index (χ3v) is 5.54. The lowest BCUT2D eigenvalue weighted by molar-refractivity contribution is 0.168. The summed E-state index contributed by atoms with van der Waals surface area (Å²) in [4.78, 5) is 9.25. The normalized spacial score (nSPS) is 21.3. The first-order chi connectivity index (χ1) is 13.2. The standard InChI is InChI=1S/C18H28N8O/c1-14-21-22-17-4-3-15(12-26(14)17)11-20-18(19-2)25-8-6-24(7-9-25)13-16-5-10-27-23-16/h5,10,15H,3-4,6-9,11-13H2,1-2H3,(H,19,20). The molecule has 146 valence electrons. The van der Waals surface area contributed by atoms with E-state index < -0.39 is 0 Å². The van der Waals surface area contributed by atoms with Gasteiger partial charge in [-0.1, -0.05) is 5.16 Å². The average molecular weight is 372 g/mol. The van der Waals surface area contributed by atoms with Crippen LogP contribution < -0.4 is 5.32 Å². The summed E-state index contributed by atoms with van der Waals surface area (Å²) in [5, 5.41) is 16.0. The van der Waals surface area contributed by atoms with Gasteiger partial charge < -0.3 is 19.3 Å². The molecule has 1 saturated heterocycles. The van der Waals surface area contributed by atoms with Crippen molar-refractivity contribution < 1.29 is 4.52 Å². The fourth-order valence-corrected chi connectivity index (χ4v) is 3.93. The lowest BCUT2D eigenvalue weighted by atomic mass is 9.99. The van der Waals surface area contributed by atoms with Crippen molar-refractivity contribution in [2.24, 2.45) is 10.9 Å². The largest absolute Gasteiger partial charge is 0.364 e. The molecule has 0 radical (unpaired) electrons. The molecule has 1 unspecified atom stereocenters. The van der Waals surface area contributed by atoms with E-state index in [4.69, 9.17) is 4.52 Å². The molecule has 2 aromatic heterocycles. The second-order valence-corrected chi connectivity index (χ2v) is 7.36. The molecule has 1 atom stereocenters. The predicted molar refractivity (Wildman–Crippen MR) is 101 cm³/mol. The number of aryl methyl sites for hydroxylation is 2. The maximum absolute atomic E-state index is 4.92. The quantitative estimate of drug-likeness (QED) is 0.619. The highest BCUT2D eigenvalue weighted by Gasteiger charge is 2.24. The molecule has 27 heavy (non-hydrogen) atoms. The smallest absolute Gasteiger partial charge is 0.193 e. The van der Waals surface area contributed by atoms with Gasteiger partial charge in [-0.2, -0.15) is 0 Å². The number of fused-ring (bicyclic) bond motifs is 1. The predicted octanol–water partition coefficient (Wildman–Crippen LogP) is 0.530. The van der Waals surface area contributed by atoms with Gasteiger partial charge in [0, 0.05) is 65.3 Å². The third kappa shape index (κ3) is 4.13. The highest BCUT2D eigenvalue weighted by molar-refractivity contribution is 5.80. The van der Waals surface area contributed by atoms with E-state index in [9.17, 15) is 0 Å². The van der Waals surface area contributed by atoms with E-state index in [2.05, 4.69) is 40.0 Å². The maximum atomic E-state index is 4.92. The van der Waals surface area contributed by atoms with E-state index in [0.29, 0.717) is 5.92 Å².